The van der Waals surface area contributed by atoms with Crippen LogP contribution in [-0.4, -0.2) is 14.3 Å². The first kappa shape index (κ1) is 20.5. The van der Waals surface area contributed by atoms with Gasteiger partial charge >= 0.3 is 0 Å². The number of hydrogen-bond donors (Lipinski definition) is 2. The Morgan fingerprint density at radius 3 is 2.28 bits per heavy atom. The highest BCUT2D eigenvalue weighted by atomic mass is 32.2. The molecule has 0 aliphatic rings. The molecule has 7 heteroatoms. The van der Waals surface area contributed by atoms with Crippen molar-refractivity contribution in [3.8, 4) is 0 Å². The van der Waals surface area contributed by atoms with E-state index < -0.39 is 21.7 Å². The van der Waals surface area contributed by atoms with Crippen LogP contribution in [-0.2, 0) is 10.0 Å². The highest BCUT2D eigenvalue weighted by molar-refractivity contribution is 7.92. The van der Waals surface area contributed by atoms with Crippen LogP contribution in [0.5, 0.6) is 0 Å². The van der Waals surface area contributed by atoms with Crippen LogP contribution in [0.3, 0.4) is 0 Å². The molecule has 1 amide bonds. The van der Waals surface area contributed by atoms with Crippen molar-refractivity contribution in [3.05, 3.63) is 88.7 Å². The number of nitrogens with one attached hydrogen (secondary N) is 2. The third-order valence-electron chi connectivity index (χ3n) is 4.49. The molecule has 29 heavy (non-hydrogen) atoms. The van der Waals surface area contributed by atoms with E-state index in [9.17, 15) is 17.6 Å². The van der Waals surface area contributed by atoms with E-state index >= 15 is 0 Å². The van der Waals surface area contributed by atoms with Gasteiger partial charge in [-0.25, -0.2) is 12.8 Å². The number of halogens is 1. The standard InChI is InChI=1S/C22H21FN2O3S/c1-14-8-11-19(16(3)12-14)25-29(27,28)21-13-17(10-9-15(21)2)22(26)24-20-7-5-4-6-18(20)23/h4-13,25H,1-3H3,(H,24,26). The first-order valence-corrected chi connectivity index (χ1v) is 10.4. The lowest BCUT2D eigenvalue weighted by Gasteiger charge is -2.14. The second kappa shape index (κ2) is 8.05. The summed E-state index contributed by atoms with van der Waals surface area (Å²) in [5, 5.41) is 2.46. The third kappa shape index (κ3) is 4.63. The van der Waals surface area contributed by atoms with E-state index in [0.29, 0.717) is 11.3 Å². The molecule has 0 bridgehead atoms. The summed E-state index contributed by atoms with van der Waals surface area (Å²) in [5.41, 5.74) is 2.91. The van der Waals surface area contributed by atoms with Crippen LogP contribution >= 0.6 is 0 Å². The summed E-state index contributed by atoms with van der Waals surface area (Å²) in [7, 11) is -3.92. The molecule has 0 aliphatic heterocycles. The fourth-order valence-corrected chi connectivity index (χ4v) is 4.32. The predicted molar refractivity (Wildman–Crippen MR) is 112 cm³/mol. The molecule has 0 aliphatic carbocycles. The molecule has 150 valence electrons. The quantitative estimate of drug-likeness (QED) is 0.632. The molecule has 0 saturated heterocycles. The van der Waals surface area contributed by atoms with E-state index in [4.69, 9.17) is 0 Å². The molecule has 0 radical (unpaired) electrons. The maximum Gasteiger partial charge on any atom is 0.262 e. The number of amides is 1. The second-order valence-electron chi connectivity index (χ2n) is 6.84. The number of aryl methyl sites for hydroxylation is 3. The number of sulfonamides is 1. The van der Waals surface area contributed by atoms with Gasteiger partial charge in [0, 0.05) is 5.56 Å². The molecule has 5 nitrogen and oxygen atoms in total. The molecular formula is C22H21FN2O3S. The maximum absolute atomic E-state index is 13.8. The fraction of sp³-hybridized carbons (Fsp3) is 0.136. The van der Waals surface area contributed by atoms with Crippen molar-refractivity contribution in [2.45, 2.75) is 25.7 Å². The molecule has 3 aromatic rings. The molecule has 0 saturated carbocycles. The van der Waals surface area contributed by atoms with Gasteiger partial charge in [0.2, 0.25) is 0 Å². The molecule has 0 unspecified atom stereocenters. The minimum absolute atomic E-state index is 0.0151. The van der Waals surface area contributed by atoms with E-state index in [2.05, 4.69) is 10.0 Å². The largest absolute Gasteiger partial charge is 0.319 e. The van der Waals surface area contributed by atoms with E-state index in [1.54, 1.807) is 25.1 Å². The van der Waals surface area contributed by atoms with Gasteiger partial charge in [0.15, 0.2) is 0 Å². The zero-order valence-electron chi connectivity index (χ0n) is 16.3. The molecule has 0 atom stereocenters. The Morgan fingerprint density at radius 2 is 1.59 bits per heavy atom. The van der Waals surface area contributed by atoms with Crippen molar-refractivity contribution in [2.75, 3.05) is 10.0 Å². The van der Waals surface area contributed by atoms with Gasteiger partial charge < -0.3 is 5.32 Å². The summed E-state index contributed by atoms with van der Waals surface area (Å²) in [6, 6.07) is 15.5. The molecule has 3 rings (SSSR count). The summed E-state index contributed by atoms with van der Waals surface area (Å²) in [5.74, 6) is -1.17. The zero-order valence-corrected chi connectivity index (χ0v) is 17.1. The number of para-hydroxylation sites is 1. The van der Waals surface area contributed by atoms with Gasteiger partial charge in [0.25, 0.3) is 15.9 Å². The van der Waals surface area contributed by atoms with Gasteiger partial charge in [-0.15, -0.1) is 0 Å². The van der Waals surface area contributed by atoms with Crippen molar-refractivity contribution in [1.29, 1.82) is 0 Å². The minimum atomic E-state index is -3.92. The van der Waals surface area contributed by atoms with E-state index in [1.165, 1.54) is 30.3 Å². The Kier molecular flexibility index (Phi) is 5.70. The zero-order chi connectivity index (χ0) is 21.2. The van der Waals surface area contributed by atoms with Crippen molar-refractivity contribution in [1.82, 2.24) is 0 Å². The van der Waals surface area contributed by atoms with Crippen LogP contribution in [0.1, 0.15) is 27.0 Å². The van der Waals surface area contributed by atoms with Crippen LogP contribution in [0.15, 0.2) is 65.6 Å². The number of carbonyl (C=O) groups is 1. The molecule has 0 spiro atoms. The molecule has 2 N–H and O–H groups in total. The minimum Gasteiger partial charge on any atom is -0.319 e. The van der Waals surface area contributed by atoms with Gasteiger partial charge in [-0.1, -0.05) is 35.9 Å². The Balaban J connectivity index is 1.91. The van der Waals surface area contributed by atoms with Crippen LogP contribution < -0.4 is 10.0 Å². The Hall–Kier alpha value is -3.19. The summed E-state index contributed by atoms with van der Waals surface area (Å²) < 4.78 is 42.3. The molecule has 0 fully saturated rings. The van der Waals surface area contributed by atoms with Gasteiger partial charge in [0.1, 0.15) is 5.82 Å². The Morgan fingerprint density at radius 1 is 0.862 bits per heavy atom. The molecule has 0 heterocycles. The molecular weight excluding hydrogens is 391 g/mol. The van der Waals surface area contributed by atoms with Crippen molar-refractivity contribution >= 4 is 27.3 Å². The summed E-state index contributed by atoms with van der Waals surface area (Å²) in [4.78, 5) is 12.5. The van der Waals surface area contributed by atoms with Crippen LogP contribution in [0, 0.1) is 26.6 Å². The number of benzene rings is 3. The van der Waals surface area contributed by atoms with Gasteiger partial charge in [0.05, 0.1) is 16.3 Å². The van der Waals surface area contributed by atoms with Crippen molar-refractivity contribution in [3.63, 3.8) is 0 Å². The number of hydrogen-bond acceptors (Lipinski definition) is 3. The topological polar surface area (TPSA) is 75.3 Å². The first-order chi connectivity index (χ1) is 13.7. The molecule has 0 aromatic heterocycles. The molecule has 3 aromatic carbocycles. The predicted octanol–water partition coefficient (Wildman–Crippen LogP) is 4.80. The lowest BCUT2D eigenvalue weighted by atomic mass is 10.1. The monoisotopic (exact) mass is 412 g/mol. The van der Waals surface area contributed by atoms with Gasteiger partial charge in [-0.3, -0.25) is 9.52 Å². The normalized spacial score (nSPS) is 11.2. The fourth-order valence-electron chi connectivity index (χ4n) is 2.92. The smallest absolute Gasteiger partial charge is 0.262 e. The SMILES string of the molecule is Cc1ccc(NS(=O)(=O)c2cc(C(=O)Nc3ccccc3F)ccc2C)c(C)c1. The summed E-state index contributed by atoms with van der Waals surface area (Å²) in [6.45, 7) is 5.39. The number of rotatable bonds is 5. The van der Waals surface area contributed by atoms with Gasteiger partial charge in [-0.05, 0) is 62.2 Å². The lowest BCUT2D eigenvalue weighted by Crippen LogP contribution is -2.18. The summed E-state index contributed by atoms with van der Waals surface area (Å²) in [6.07, 6.45) is 0. The Labute approximate surface area is 169 Å². The van der Waals surface area contributed by atoms with E-state index in [1.807, 2.05) is 26.0 Å². The van der Waals surface area contributed by atoms with Crippen molar-refractivity contribution < 1.29 is 17.6 Å². The van der Waals surface area contributed by atoms with E-state index in [-0.39, 0.29) is 16.1 Å². The number of anilines is 2. The van der Waals surface area contributed by atoms with Crippen molar-refractivity contribution in [2.24, 2.45) is 0 Å². The van der Waals surface area contributed by atoms with Crippen LogP contribution in [0.25, 0.3) is 0 Å². The second-order valence-corrected chi connectivity index (χ2v) is 8.49. The maximum atomic E-state index is 13.8. The van der Waals surface area contributed by atoms with Crippen LogP contribution in [0.2, 0.25) is 0 Å². The highest BCUT2D eigenvalue weighted by Crippen LogP contribution is 2.24. The van der Waals surface area contributed by atoms with Gasteiger partial charge in [-0.2, -0.15) is 0 Å². The third-order valence-corrected chi connectivity index (χ3v) is 6.00. The average molecular weight is 412 g/mol. The summed E-state index contributed by atoms with van der Waals surface area (Å²) >= 11 is 0. The van der Waals surface area contributed by atoms with Crippen LogP contribution in [0.4, 0.5) is 15.8 Å². The Bertz CT molecular complexity index is 1190. The first-order valence-electron chi connectivity index (χ1n) is 8.94. The van der Waals surface area contributed by atoms with E-state index in [0.717, 1.165) is 11.1 Å². The highest BCUT2D eigenvalue weighted by Gasteiger charge is 2.20. The number of carbonyl (C=O) groups excluding carboxylic acids is 1. The lowest BCUT2D eigenvalue weighted by molar-refractivity contribution is 0.102. The average Bonchev–Trinajstić information content (AvgIpc) is 2.66.